The number of hydrogen-bond acceptors (Lipinski definition) is 6. The fourth-order valence-corrected chi connectivity index (χ4v) is 4.08. The van der Waals surface area contributed by atoms with Crippen LogP contribution in [0.1, 0.15) is 25.0 Å². The summed E-state index contributed by atoms with van der Waals surface area (Å²) in [5, 5.41) is 11.1. The quantitative estimate of drug-likeness (QED) is 0.416. The summed E-state index contributed by atoms with van der Waals surface area (Å²) in [6.45, 7) is 3.76. The summed E-state index contributed by atoms with van der Waals surface area (Å²) in [5.74, 6) is 0.535. The van der Waals surface area contributed by atoms with Crippen LogP contribution >= 0.6 is 23.1 Å². The third-order valence-corrected chi connectivity index (χ3v) is 5.98. The third-order valence-electron chi connectivity index (χ3n) is 3.96. The molecule has 0 aliphatic carbocycles. The van der Waals surface area contributed by atoms with E-state index < -0.39 is 6.10 Å². The van der Waals surface area contributed by atoms with Gasteiger partial charge < -0.3 is 4.74 Å². The Morgan fingerprint density at radius 2 is 1.96 bits per heavy atom. The Bertz CT molecular complexity index is 931. The van der Waals surface area contributed by atoms with Crippen LogP contribution in [-0.2, 0) is 17.0 Å². The second-order valence-electron chi connectivity index (χ2n) is 6.00. The fraction of sp³-hybridized carbons (Fsp3) is 0.250. The normalized spacial score (nSPS) is 11.8. The maximum absolute atomic E-state index is 13.7. The van der Waals surface area contributed by atoms with Crippen molar-refractivity contribution in [3.63, 3.8) is 0 Å². The number of halogens is 1. The number of aromatic nitrogens is 2. The molecule has 0 spiro atoms. The topological polar surface area (TPSA) is 64.1 Å². The molecule has 0 saturated carbocycles. The molecular formula is C20H20FN3O2S2. The molecule has 2 aromatic carbocycles. The van der Waals surface area contributed by atoms with Gasteiger partial charge in [-0.2, -0.15) is 0 Å². The molecule has 0 aliphatic rings. The SMILES string of the molecule is CCc1ccc(O[C@H](C)C(=O)Nc2nnc(SCc3ccccc3F)s2)cc1. The first-order valence-corrected chi connectivity index (χ1v) is 10.6. The molecule has 3 rings (SSSR count). The molecule has 0 bridgehead atoms. The molecule has 0 aliphatic heterocycles. The van der Waals surface area contributed by atoms with Gasteiger partial charge in [-0.25, -0.2) is 4.39 Å². The van der Waals surface area contributed by atoms with E-state index in [1.54, 1.807) is 25.1 Å². The van der Waals surface area contributed by atoms with E-state index in [1.807, 2.05) is 24.3 Å². The lowest BCUT2D eigenvalue weighted by atomic mass is 10.2. The van der Waals surface area contributed by atoms with Gasteiger partial charge in [0.15, 0.2) is 10.4 Å². The largest absolute Gasteiger partial charge is 0.481 e. The number of ether oxygens (including phenoxy) is 1. The van der Waals surface area contributed by atoms with E-state index in [4.69, 9.17) is 4.74 Å². The predicted molar refractivity (Wildman–Crippen MR) is 110 cm³/mol. The summed E-state index contributed by atoms with van der Waals surface area (Å²) in [5.41, 5.74) is 1.81. The van der Waals surface area contributed by atoms with Crippen molar-refractivity contribution < 1.29 is 13.9 Å². The molecule has 0 radical (unpaired) electrons. The number of thioether (sulfide) groups is 1. The highest BCUT2D eigenvalue weighted by Crippen LogP contribution is 2.29. The molecule has 1 aromatic heterocycles. The van der Waals surface area contributed by atoms with Crippen molar-refractivity contribution in [3.8, 4) is 5.75 Å². The summed E-state index contributed by atoms with van der Waals surface area (Å²) >= 11 is 2.62. The van der Waals surface area contributed by atoms with Gasteiger partial charge in [-0.3, -0.25) is 10.1 Å². The molecule has 8 heteroatoms. The average molecular weight is 418 g/mol. The second kappa shape index (κ2) is 9.66. The van der Waals surface area contributed by atoms with Crippen molar-refractivity contribution >= 4 is 34.1 Å². The third kappa shape index (κ3) is 5.53. The zero-order valence-corrected chi connectivity index (χ0v) is 17.1. The van der Waals surface area contributed by atoms with Crippen LogP contribution in [0, 0.1) is 5.82 Å². The number of hydrogen-bond donors (Lipinski definition) is 1. The Balaban J connectivity index is 1.52. The fourth-order valence-electron chi connectivity index (χ4n) is 2.34. The van der Waals surface area contributed by atoms with E-state index in [0.717, 1.165) is 6.42 Å². The number of benzene rings is 2. The Morgan fingerprint density at radius 3 is 2.68 bits per heavy atom. The number of anilines is 1. The van der Waals surface area contributed by atoms with E-state index in [1.165, 1.54) is 34.7 Å². The summed E-state index contributed by atoms with van der Waals surface area (Å²) in [4.78, 5) is 12.3. The monoisotopic (exact) mass is 417 g/mol. The van der Waals surface area contributed by atoms with Gasteiger partial charge in [0.05, 0.1) is 0 Å². The lowest BCUT2D eigenvalue weighted by Gasteiger charge is -2.13. The van der Waals surface area contributed by atoms with Gasteiger partial charge in [0.25, 0.3) is 5.91 Å². The first-order valence-electron chi connectivity index (χ1n) is 8.81. The Hall–Kier alpha value is -2.45. The lowest BCUT2D eigenvalue weighted by molar-refractivity contribution is -0.122. The average Bonchev–Trinajstić information content (AvgIpc) is 3.15. The molecule has 0 saturated heterocycles. The number of carbonyl (C=O) groups is 1. The van der Waals surface area contributed by atoms with Crippen LogP contribution in [0.4, 0.5) is 9.52 Å². The Morgan fingerprint density at radius 1 is 1.21 bits per heavy atom. The molecule has 0 fully saturated rings. The molecule has 146 valence electrons. The van der Waals surface area contributed by atoms with Crippen molar-refractivity contribution in [2.75, 3.05) is 5.32 Å². The van der Waals surface area contributed by atoms with Crippen molar-refractivity contribution in [1.29, 1.82) is 0 Å². The number of amides is 1. The van der Waals surface area contributed by atoms with Crippen LogP contribution in [0.5, 0.6) is 5.75 Å². The standard InChI is InChI=1S/C20H20FN3O2S2/c1-3-14-8-10-16(11-9-14)26-13(2)18(25)22-19-23-24-20(28-19)27-12-15-6-4-5-7-17(15)21/h4-11,13H,3,12H2,1-2H3,(H,22,23,25)/t13-/m1/s1. The molecule has 3 aromatic rings. The summed E-state index contributed by atoms with van der Waals surface area (Å²) in [6.07, 6.45) is 0.274. The number of carbonyl (C=O) groups excluding carboxylic acids is 1. The van der Waals surface area contributed by atoms with Crippen molar-refractivity contribution in [3.05, 3.63) is 65.5 Å². The molecule has 5 nitrogen and oxygen atoms in total. The minimum absolute atomic E-state index is 0.244. The highest BCUT2D eigenvalue weighted by Gasteiger charge is 2.17. The number of nitrogens with zero attached hydrogens (tertiary/aromatic N) is 2. The molecule has 1 atom stereocenters. The number of nitrogens with one attached hydrogen (secondary N) is 1. The smallest absolute Gasteiger partial charge is 0.266 e. The summed E-state index contributed by atoms with van der Waals surface area (Å²) in [7, 11) is 0. The van der Waals surface area contributed by atoms with Crippen LogP contribution in [0.25, 0.3) is 0 Å². The highest BCUT2D eigenvalue weighted by molar-refractivity contribution is 8.00. The molecule has 1 N–H and O–H groups in total. The van der Waals surface area contributed by atoms with Crippen LogP contribution in [0.3, 0.4) is 0 Å². The maximum Gasteiger partial charge on any atom is 0.266 e. The predicted octanol–water partition coefficient (Wildman–Crippen LogP) is 4.94. The van der Waals surface area contributed by atoms with E-state index >= 15 is 0 Å². The minimum atomic E-state index is -0.675. The Kier molecular flexibility index (Phi) is 7.00. The van der Waals surface area contributed by atoms with Crippen molar-refractivity contribution in [1.82, 2.24) is 10.2 Å². The van der Waals surface area contributed by atoms with Gasteiger partial charge in [0.1, 0.15) is 11.6 Å². The summed E-state index contributed by atoms with van der Waals surface area (Å²) < 4.78 is 20.0. The second-order valence-corrected chi connectivity index (χ2v) is 8.20. The van der Waals surface area contributed by atoms with Gasteiger partial charge in [-0.05, 0) is 42.7 Å². The lowest BCUT2D eigenvalue weighted by Crippen LogP contribution is -2.30. The van der Waals surface area contributed by atoms with Crippen LogP contribution in [-0.4, -0.2) is 22.2 Å². The number of rotatable bonds is 8. The highest BCUT2D eigenvalue weighted by atomic mass is 32.2. The van der Waals surface area contributed by atoms with E-state index in [2.05, 4.69) is 22.4 Å². The molecule has 28 heavy (non-hydrogen) atoms. The van der Waals surface area contributed by atoms with Gasteiger partial charge >= 0.3 is 0 Å². The Labute approximate surface area is 171 Å². The van der Waals surface area contributed by atoms with E-state index in [0.29, 0.717) is 26.5 Å². The molecule has 1 amide bonds. The number of aryl methyl sites for hydroxylation is 1. The van der Waals surface area contributed by atoms with Gasteiger partial charge in [-0.15, -0.1) is 10.2 Å². The maximum atomic E-state index is 13.7. The van der Waals surface area contributed by atoms with Crippen molar-refractivity contribution in [2.45, 2.75) is 36.5 Å². The van der Waals surface area contributed by atoms with Crippen molar-refractivity contribution in [2.24, 2.45) is 0 Å². The van der Waals surface area contributed by atoms with Gasteiger partial charge in [0.2, 0.25) is 5.13 Å². The minimum Gasteiger partial charge on any atom is -0.481 e. The van der Waals surface area contributed by atoms with Crippen LogP contribution < -0.4 is 10.1 Å². The van der Waals surface area contributed by atoms with Crippen LogP contribution in [0.15, 0.2) is 52.9 Å². The van der Waals surface area contributed by atoms with Gasteiger partial charge in [-0.1, -0.05) is 60.4 Å². The van der Waals surface area contributed by atoms with E-state index in [-0.39, 0.29) is 11.7 Å². The van der Waals surface area contributed by atoms with Gasteiger partial charge in [0, 0.05) is 5.75 Å². The molecule has 0 unspecified atom stereocenters. The van der Waals surface area contributed by atoms with Crippen LogP contribution in [0.2, 0.25) is 0 Å². The zero-order valence-electron chi connectivity index (χ0n) is 15.5. The zero-order chi connectivity index (χ0) is 19.9. The van der Waals surface area contributed by atoms with E-state index in [9.17, 15) is 9.18 Å². The first kappa shape index (κ1) is 20.3. The molecule has 1 heterocycles. The summed E-state index contributed by atoms with van der Waals surface area (Å²) in [6, 6.07) is 14.3. The molecular weight excluding hydrogens is 397 g/mol. The first-order chi connectivity index (χ1) is 13.5.